The average Bonchev–Trinajstić information content (AvgIpc) is 2.40. The van der Waals surface area contributed by atoms with E-state index >= 15 is 0 Å². The predicted octanol–water partition coefficient (Wildman–Crippen LogP) is 1.74. The molecule has 1 fully saturated rings. The largest absolute Gasteiger partial charge is 0.398 e. The second-order valence-electron chi connectivity index (χ2n) is 5.51. The lowest BCUT2D eigenvalue weighted by molar-refractivity contribution is 0.0645. The quantitative estimate of drug-likeness (QED) is 0.825. The number of piperidine rings is 1. The number of nitrogens with two attached hydrogens (primary N) is 1. The van der Waals surface area contributed by atoms with Gasteiger partial charge in [0.1, 0.15) is 0 Å². The number of nitrogen functional groups attached to an aromatic ring is 1. The molecule has 1 unspecified atom stereocenters. The molecule has 0 radical (unpaired) electrons. The molecule has 0 spiro atoms. The van der Waals surface area contributed by atoms with Gasteiger partial charge in [-0.2, -0.15) is 0 Å². The van der Waals surface area contributed by atoms with Gasteiger partial charge >= 0.3 is 0 Å². The molecule has 19 heavy (non-hydrogen) atoms. The maximum Gasteiger partial charge on any atom is 0.255 e. The lowest BCUT2D eigenvalue weighted by Gasteiger charge is -2.36. The Morgan fingerprint density at radius 1 is 1.47 bits per heavy atom. The van der Waals surface area contributed by atoms with E-state index in [1.165, 1.54) is 0 Å². The third kappa shape index (κ3) is 2.89. The molecule has 4 heteroatoms. The van der Waals surface area contributed by atoms with Gasteiger partial charge in [0.2, 0.25) is 0 Å². The Hall–Kier alpha value is -1.55. The zero-order valence-corrected chi connectivity index (χ0v) is 12.0. The SMILES string of the molecule is Cc1cccc(C(=O)N(C)C2CCCN(C)C2)c1N. The second kappa shape index (κ2) is 5.61. The first kappa shape index (κ1) is 13.9. The van der Waals surface area contributed by atoms with Gasteiger partial charge in [0, 0.05) is 25.3 Å². The summed E-state index contributed by atoms with van der Waals surface area (Å²) in [5.41, 5.74) is 8.20. The third-order valence-corrected chi connectivity index (χ3v) is 4.02. The molecule has 1 aliphatic rings. The lowest BCUT2D eigenvalue weighted by Crippen LogP contribution is -2.47. The number of aryl methyl sites for hydroxylation is 1. The van der Waals surface area contributed by atoms with E-state index in [-0.39, 0.29) is 11.9 Å². The number of benzene rings is 1. The molecule has 1 aromatic carbocycles. The van der Waals surface area contributed by atoms with Gasteiger partial charge in [-0.05, 0) is 45.0 Å². The summed E-state index contributed by atoms with van der Waals surface area (Å²) in [7, 11) is 3.99. The minimum atomic E-state index is 0.0292. The number of likely N-dealkylation sites (tertiary alicyclic amines) is 1. The van der Waals surface area contributed by atoms with Crippen LogP contribution in [0.15, 0.2) is 18.2 Å². The Kier molecular flexibility index (Phi) is 4.10. The third-order valence-electron chi connectivity index (χ3n) is 4.02. The second-order valence-corrected chi connectivity index (χ2v) is 5.51. The fourth-order valence-corrected chi connectivity index (χ4v) is 2.68. The lowest BCUT2D eigenvalue weighted by atomic mass is 10.0. The number of para-hydroxylation sites is 1. The van der Waals surface area contributed by atoms with E-state index in [2.05, 4.69) is 11.9 Å². The van der Waals surface area contributed by atoms with E-state index < -0.39 is 0 Å². The highest BCUT2D eigenvalue weighted by atomic mass is 16.2. The summed E-state index contributed by atoms with van der Waals surface area (Å²) in [6, 6.07) is 5.92. The monoisotopic (exact) mass is 261 g/mol. The summed E-state index contributed by atoms with van der Waals surface area (Å²) in [5.74, 6) is 0.0292. The molecule has 4 nitrogen and oxygen atoms in total. The normalized spacial score (nSPS) is 20.3. The van der Waals surface area contributed by atoms with Crippen LogP contribution < -0.4 is 5.73 Å². The van der Waals surface area contributed by atoms with Crippen molar-refractivity contribution >= 4 is 11.6 Å². The Balaban J connectivity index is 2.16. The molecule has 0 saturated carbocycles. The van der Waals surface area contributed by atoms with Gasteiger partial charge in [-0.3, -0.25) is 4.79 Å². The van der Waals surface area contributed by atoms with Gasteiger partial charge in [-0.25, -0.2) is 0 Å². The fourth-order valence-electron chi connectivity index (χ4n) is 2.68. The number of nitrogens with zero attached hydrogens (tertiary/aromatic N) is 2. The van der Waals surface area contributed by atoms with E-state index in [9.17, 15) is 4.79 Å². The molecule has 1 saturated heterocycles. The molecular formula is C15H23N3O. The van der Waals surface area contributed by atoms with E-state index in [0.29, 0.717) is 11.3 Å². The average molecular weight is 261 g/mol. The number of amides is 1. The number of likely N-dealkylation sites (N-methyl/N-ethyl adjacent to an activating group) is 2. The van der Waals surface area contributed by atoms with Gasteiger partial charge in [0.15, 0.2) is 0 Å². The zero-order valence-electron chi connectivity index (χ0n) is 12.0. The number of hydrogen-bond acceptors (Lipinski definition) is 3. The van der Waals surface area contributed by atoms with E-state index in [1.54, 1.807) is 0 Å². The van der Waals surface area contributed by atoms with Crippen LogP contribution in [0, 0.1) is 6.92 Å². The topological polar surface area (TPSA) is 49.6 Å². The van der Waals surface area contributed by atoms with Crippen molar-refractivity contribution in [1.29, 1.82) is 0 Å². The predicted molar refractivity (Wildman–Crippen MR) is 78.2 cm³/mol. The van der Waals surface area contributed by atoms with Crippen LogP contribution in [-0.4, -0.2) is 48.9 Å². The van der Waals surface area contributed by atoms with Crippen molar-refractivity contribution in [1.82, 2.24) is 9.80 Å². The minimum absolute atomic E-state index is 0.0292. The molecule has 2 rings (SSSR count). The molecule has 1 aliphatic heterocycles. The number of carbonyl (C=O) groups excluding carboxylic acids is 1. The maximum absolute atomic E-state index is 12.6. The first-order valence-electron chi connectivity index (χ1n) is 6.81. The van der Waals surface area contributed by atoms with Crippen molar-refractivity contribution in [2.24, 2.45) is 0 Å². The zero-order chi connectivity index (χ0) is 14.0. The van der Waals surface area contributed by atoms with Crippen LogP contribution in [0.3, 0.4) is 0 Å². The van der Waals surface area contributed by atoms with Crippen LogP contribution in [0.25, 0.3) is 0 Å². The molecule has 104 valence electrons. The Labute approximate surface area is 115 Å². The molecule has 1 amide bonds. The summed E-state index contributed by atoms with van der Waals surface area (Å²) in [6.45, 7) is 3.99. The van der Waals surface area contributed by atoms with Gasteiger partial charge in [0.25, 0.3) is 5.91 Å². The highest BCUT2D eigenvalue weighted by molar-refractivity contribution is 5.99. The van der Waals surface area contributed by atoms with Crippen molar-refractivity contribution in [3.8, 4) is 0 Å². The molecule has 0 bridgehead atoms. The van der Waals surface area contributed by atoms with Gasteiger partial charge in [-0.1, -0.05) is 12.1 Å². The molecule has 2 N–H and O–H groups in total. The summed E-state index contributed by atoms with van der Waals surface area (Å²) >= 11 is 0. The molecule has 1 aromatic rings. The molecular weight excluding hydrogens is 238 g/mol. The van der Waals surface area contributed by atoms with Crippen LogP contribution >= 0.6 is 0 Å². The fraction of sp³-hybridized carbons (Fsp3) is 0.533. The van der Waals surface area contributed by atoms with Crippen LogP contribution in [0.5, 0.6) is 0 Å². The van der Waals surface area contributed by atoms with Crippen molar-refractivity contribution in [3.05, 3.63) is 29.3 Å². The molecule has 0 aliphatic carbocycles. The summed E-state index contributed by atoms with van der Waals surface area (Å²) < 4.78 is 0. The van der Waals surface area contributed by atoms with E-state index in [4.69, 9.17) is 5.73 Å². The van der Waals surface area contributed by atoms with Crippen molar-refractivity contribution in [2.75, 3.05) is 32.9 Å². The van der Waals surface area contributed by atoms with Crippen LogP contribution in [0.1, 0.15) is 28.8 Å². The number of anilines is 1. The Morgan fingerprint density at radius 2 is 2.21 bits per heavy atom. The van der Waals surface area contributed by atoms with Crippen molar-refractivity contribution in [2.45, 2.75) is 25.8 Å². The minimum Gasteiger partial charge on any atom is -0.398 e. The van der Waals surface area contributed by atoms with Crippen molar-refractivity contribution < 1.29 is 4.79 Å². The maximum atomic E-state index is 12.6. The Morgan fingerprint density at radius 3 is 2.89 bits per heavy atom. The van der Waals surface area contributed by atoms with Gasteiger partial charge in [0.05, 0.1) is 5.56 Å². The first-order valence-corrected chi connectivity index (χ1v) is 6.81. The highest BCUT2D eigenvalue weighted by Gasteiger charge is 2.26. The summed E-state index contributed by atoms with van der Waals surface area (Å²) in [5, 5.41) is 0. The van der Waals surface area contributed by atoms with E-state index in [0.717, 1.165) is 31.5 Å². The van der Waals surface area contributed by atoms with E-state index in [1.807, 2.05) is 37.1 Å². The van der Waals surface area contributed by atoms with Gasteiger partial charge in [-0.15, -0.1) is 0 Å². The smallest absolute Gasteiger partial charge is 0.255 e. The summed E-state index contributed by atoms with van der Waals surface area (Å²) in [6.07, 6.45) is 2.21. The van der Waals surface area contributed by atoms with Gasteiger partial charge < -0.3 is 15.5 Å². The standard InChI is InChI=1S/C15H23N3O/c1-11-6-4-8-13(14(11)16)15(19)18(3)12-7-5-9-17(2)10-12/h4,6,8,12H,5,7,9-10,16H2,1-3H3. The highest BCUT2D eigenvalue weighted by Crippen LogP contribution is 2.21. The molecule has 1 heterocycles. The molecule has 0 aromatic heterocycles. The van der Waals surface area contributed by atoms with Crippen LogP contribution in [-0.2, 0) is 0 Å². The number of hydrogen-bond donors (Lipinski definition) is 1. The Bertz CT molecular complexity index is 472. The number of carbonyl (C=O) groups is 1. The van der Waals surface area contributed by atoms with Crippen LogP contribution in [0.2, 0.25) is 0 Å². The molecule has 1 atom stereocenters. The van der Waals surface area contributed by atoms with Crippen molar-refractivity contribution in [3.63, 3.8) is 0 Å². The first-order chi connectivity index (χ1) is 9.00. The van der Waals surface area contributed by atoms with Crippen LogP contribution in [0.4, 0.5) is 5.69 Å². The summed E-state index contributed by atoms with van der Waals surface area (Å²) in [4.78, 5) is 16.7. The number of rotatable bonds is 2.